The van der Waals surface area contributed by atoms with Crippen molar-refractivity contribution < 1.29 is 4.74 Å². The van der Waals surface area contributed by atoms with Gasteiger partial charge in [0.2, 0.25) is 0 Å². The van der Waals surface area contributed by atoms with E-state index >= 15 is 0 Å². The van der Waals surface area contributed by atoms with Crippen LogP contribution in [0.4, 0.5) is 0 Å². The molecule has 1 aliphatic rings. The molecular weight excluding hydrogens is 278 g/mol. The third-order valence-corrected chi connectivity index (χ3v) is 4.83. The van der Waals surface area contributed by atoms with E-state index in [0.29, 0.717) is 13.2 Å². The van der Waals surface area contributed by atoms with Gasteiger partial charge in [-0.15, -0.1) is 11.8 Å². The Balaban J connectivity index is 1.50. The standard InChI is InChI=1S/C18H21NOS/c19-13-16-4-1-2-7-18(16)20-10-11-21-17-9-8-14-5-3-6-15(14)12-17/h1-2,4,7-9,12H,3,5-6,10-11,13,19H2. The molecule has 0 atom stereocenters. The predicted octanol–water partition coefficient (Wildman–Crippen LogP) is 3.81. The van der Waals surface area contributed by atoms with E-state index in [0.717, 1.165) is 17.1 Å². The van der Waals surface area contributed by atoms with E-state index in [9.17, 15) is 0 Å². The minimum atomic E-state index is 0.522. The Morgan fingerprint density at radius 2 is 1.90 bits per heavy atom. The minimum absolute atomic E-state index is 0.522. The van der Waals surface area contributed by atoms with Crippen LogP contribution in [0.3, 0.4) is 0 Å². The van der Waals surface area contributed by atoms with Crippen LogP contribution in [0, 0.1) is 0 Å². The van der Waals surface area contributed by atoms with Crippen LogP contribution < -0.4 is 10.5 Å². The van der Waals surface area contributed by atoms with Gasteiger partial charge in [-0.05, 0) is 48.6 Å². The van der Waals surface area contributed by atoms with Gasteiger partial charge in [-0.25, -0.2) is 0 Å². The molecule has 0 radical (unpaired) electrons. The molecule has 2 nitrogen and oxygen atoms in total. The lowest BCUT2D eigenvalue weighted by Crippen LogP contribution is -2.05. The molecule has 0 aromatic heterocycles. The second kappa shape index (κ2) is 7.01. The molecule has 2 aromatic carbocycles. The quantitative estimate of drug-likeness (QED) is 0.651. The maximum Gasteiger partial charge on any atom is 0.123 e. The summed E-state index contributed by atoms with van der Waals surface area (Å²) < 4.78 is 5.84. The van der Waals surface area contributed by atoms with Crippen molar-refractivity contribution >= 4 is 11.8 Å². The molecule has 0 bridgehead atoms. The SMILES string of the molecule is NCc1ccccc1OCCSc1ccc2c(c1)CCC2. The monoisotopic (exact) mass is 299 g/mol. The summed E-state index contributed by atoms with van der Waals surface area (Å²) in [6.45, 7) is 1.23. The molecule has 0 saturated carbocycles. The zero-order valence-electron chi connectivity index (χ0n) is 12.2. The Hall–Kier alpha value is -1.45. The number of thioether (sulfide) groups is 1. The van der Waals surface area contributed by atoms with Crippen LogP contribution in [-0.4, -0.2) is 12.4 Å². The van der Waals surface area contributed by atoms with Crippen molar-refractivity contribution in [1.29, 1.82) is 0 Å². The van der Waals surface area contributed by atoms with Gasteiger partial charge in [0.15, 0.2) is 0 Å². The molecule has 0 heterocycles. The first kappa shape index (κ1) is 14.5. The van der Waals surface area contributed by atoms with Crippen LogP contribution >= 0.6 is 11.8 Å². The van der Waals surface area contributed by atoms with Crippen LogP contribution in [0.25, 0.3) is 0 Å². The molecule has 21 heavy (non-hydrogen) atoms. The van der Waals surface area contributed by atoms with E-state index in [1.807, 2.05) is 36.0 Å². The fourth-order valence-electron chi connectivity index (χ4n) is 2.76. The number of fused-ring (bicyclic) bond motifs is 1. The van der Waals surface area contributed by atoms with Crippen molar-refractivity contribution in [3.63, 3.8) is 0 Å². The van der Waals surface area contributed by atoms with Gasteiger partial charge in [-0.3, -0.25) is 0 Å². The van der Waals surface area contributed by atoms with Gasteiger partial charge >= 0.3 is 0 Å². The fourth-order valence-corrected chi connectivity index (χ4v) is 3.55. The molecule has 2 aromatic rings. The second-order valence-corrected chi connectivity index (χ2v) is 6.46. The lowest BCUT2D eigenvalue weighted by molar-refractivity contribution is 0.340. The highest BCUT2D eigenvalue weighted by atomic mass is 32.2. The van der Waals surface area contributed by atoms with Crippen molar-refractivity contribution in [2.75, 3.05) is 12.4 Å². The third-order valence-electron chi connectivity index (χ3n) is 3.87. The average molecular weight is 299 g/mol. The minimum Gasteiger partial charge on any atom is -0.492 e. The number of hydrogen-bond acceptors (Lipinski definition) is 3. The highest BCUT2D eigenvalue weighted by Gasteiger charge is 2.10. The summed E-state index contributed by atoms with van der Waals surface area (Å²) in [5.41, 5.74) is 9.85. The highest BCUT2D eigenvalue weighted by Crippen LogP contribution is 2.27. The zero-order valence-corrected chi connectivity index (χ0v) is 13.0. The Kier molecular flexibility index (Phi) is 4.84. The number of para-hydroxylation sites is 1. The van der Waals surface area contributed by atoms with E-state index < -0.39 is 0 Å². The van der Waals surface area contributed by atoms with Crippen LogP contribution in [-0.2, 0) is 19.4 Å². The molecule has 110 valence electrons. The van der Waals surface area contributed by atoms with Crippen molar-refractivity contribution in [2.45, 2.75) is 30.7 Å². The lowest BCUT2D eigenvalue weighted by atomic mass is 10.1. The highest BCUT2D eigenvalue weighted by molar-refractivity contribution is 7.99. The molecule has 2 N–H and O–H groups in total. The van der Waals surface area contributed by atoms with E-state index in [4.69, 9.17) is 10.5 Å². The summed E-state index contributed by atoms with van der Waals surface area (Å²) in [6, 6.07) is 14.9. The van der Waals surface area contributed by atoms with Gasteiger partial charge in [0, 0.05) is 22.8 Å². The topological polar surface area (TPSA) is 35.2 Å². The van der Waals surface area contributed by atoms with Crippen LogP contribution in [0.15, 0.2) is 47.4 Å². The molecular formula is C18H21NOS. The molecule has 0 amide bonds. The smallest absolute Gasteiger partial charge is 0.123 e. The van der Waals surface area contributed by atoms with Crippen LogP contribution in [0.5, 0.6) is 5.75 Å². The van der Waals surface area contributed by atoms with E-state index in [1.54, 1.807) is 0 Å². The van der Waals surface area contributed by atoms with Gasteiger partial charge in [-0.1, -0.05) is 24.3 Å². The summed E-state index contributed by atoms with van der Waals surface area (Å²) in [4.78, 5) is 1.35. The Labute approximate surface area is 130 Å². The summed E-state index contributed by atoms with van der Waals surface area (Å²) in [5, 5.41) is 0. The fraction of sp³-hybridized carbons (Fsp3) is 0.333. The third kappa shape index (κ3) is 3.60. The second-order valence-electron chi connectivity index (χ2n) is 5.29. The van der Waals surface area contributed by atoms with Crippen LogP contribution in [0.2, 0.25) is 0 Å². The van der Waals surface area contributed by atoms with Gasteiger partial charge in [0.1, 0.15) is 5.75 Å². The number of aryl methyl sites for hydroxylation is 2. The predicted molar refractivity (Wildman–Crippen MR) is 89.0 cm³/mol. The maximum atomic E-state index is 5.84. The first-order valence-corrected chi connectivity index (χ1v) is 8.51. The molecule has 0 aliphatic heterocycles. The molecule has 0 saturated heterocycles. The zero-order chi connectivity index (χ0) is 14.5. The first-order chi connectivity index (χ1) is 10.4. The van der Waals surface area contributed by atoms with Gasteiger partial charge in [0.25, 0.3) is 0 Å². The number of hydrogen-bond donors (Lipinski definition) is 1. The van der Waals surface area contributed by atoms with Crippen molar-refractivity contribution in [3.8, 4) is 5.75 Å². The molecule has 0 fully saturated rings. The summed E-state index contributed by atoms with van der Waals surface area (Å²) >= 11 is 1.86. The maximum absolute atomic E-state index is 5.84. The van der Waals surface area contributed by atoms with Crippen LogP contribution in [0.1, 0.15) is 23.1 Å². The lowest BCUT2D eigenvalue weighted by Gasteiger charge is -2.10. The number of rotatable bonds is 6. The number of benzene rings is 2. The van der Waals surface area contributed by atoms with Crippen molar-refractivity contribution in [2.24, 2.45) is 5.73 Å². The van der Waals surface area contributed by atoms with Gasteiger partial charge in [0.05, 0.1) is 6.61 Å². The largest absolute Gasteiger partial charge is 0.492 e. The summed E-state index contributed by atoms with van der Waals surface area (Å²) in [7, 11) is 0. The van der Waals surface area contributed by atoms with E-state index in [-0.39, 0.29) is 0 Å². The summed E-state index contributed by atoms with van der Waals surface area (Å²) in [6.07, 6.45) is 3.80. The molecule has 3 heteroatoms. The van der Waals surface area contributed by atoms with Crippen molar-refractivity contribution in [1.82, 2.24) is 0 Å². The molecule has 0 unspecified atom stereocenters. The van der Waals surface area contributed by atoms with Crippen molar-refractivity contribution in [3.05, 3.63) is 59.2 Å². The number of nitrogens with two attached hydrogens (primary N) is 1. The number of ether oxygens (including phenoxy) is 1. The molecule has 0 spiro atoms. The molecule has 1 aliphatic carbocycles. The van der Waals surface area contributed by atoms with Gasteiger partial charge in [-0.2, -0.15) is 0 Å². The Morgan fingerprint density at radius 3 is 2.81 bits per heavy atom. The van der Waals surface area contributed by atoms with E-state index in [2.05, 4.69) is 18.2 Å². The Bertz CT molecular complexity index is 612. The normalized spacial score (nSPS) is 13.2. The average Bonchev–Trinajstić information content (AvgIpc) is 2.99. The van der Waals surface area contributed by atoms with Gasteiger partial charge < -0.3 is 10.5 Å². The van der Waals surface area contributed by atoms with E-state index in [1.165, 1.54) is 35.3 Å². The molecule has 3 rings (SSSR count). The Morgan fingerprint density at radius 1 is 1.05 bits per heavy atom. The first-order valence-electron chi connectivity index (χ1n) is 7.52. The summed E-state index contributed by atoms with van der Waals surface area (Å²) in [5.74, 6) is 1.87.